The molecule has 1 heterocycles. The molecule has 1 amide bonds. The number of rotatable bonds is 4. The van der Waals surface area contributed by atoms with Crippen LogP contribution in [-0.2, 0) is 6.42 Å². The predicted octanol–water partition coefficient (Wildman–Crippen LogP) is 3.48. The predicted molar refractivity (Wildman–Crippen MR) is 74.5 cm³/mol. The first-order chi connectivity index (χ1) is 8.27. The summed E-state index contributed by atoms with van der Waals surface area (Å²) in [5, 5.41) is 7.06. The molecule has 0 spiro atoms. The van der Waals surface area contributed by atoms with Crippen molar-refractivity contribution >= 4 is 33.2 Å². The summed E-state index contributed by atoms with van der Waals surface area (Å²) in [6.07, 6.45) is 0.875. The van der Waals surface area contributed by atoms with Crippen LogP contribution in [0, 0.1) is 0 Å². The SMILES string of the molecule is O=C(NCCc1ccsc1)c1ccccc1Br. The highest BCUT2D eigenvalue weighted by atomic mass is 79.9. The molecule has 0 radical (unpaired) electrons. The van der Waals surface area contributed by atoms with E-state index in [4.69, 9.17) is 0 Å². The Balaban J connectivity index is 1.88. The van der Waals surface area contributed by atoms with E-state index >= 15 is 0 Å². The molecule has 0 saturated heterocycles. The van der Waals surface area contributed by atoms with Crippen LogP contribution in [-0.4, -0.2) is 12.5 Å². The van der Waals surface area contributed by atoms with Gasteiger partial charge in [0.25, 0.3) is 5.91 Å². The standard InChI is InChI=1S/C13H12BrNOS/c14-12-4-2-1-3-11(12)13(16)15-7-5-10-6-8-17-9-10/h1-4,6,8-9H,5,7H2,(H,15,16). The number of amides is 1. The van der Waals surface area contributed by atoms with Crippen molar-refractivity contribution in [3.63, 3.8) is 0 Å². The van der Waals surface area contributed by atoms with Gasteiger partial charge in [0.05, 0.1) is 5.56 Å². The van der Waals surface area contributed by atoms with Gasteiger partial charge in [-0.3, -0.25) is 4.79 Å². The quantitative estimate of drug-likeness (QED) is 0.920. The second-order valence-electron chi connectivity index (χ2n) is 3.62. The molecule has 0 aliphatic carbocycles. The van der Waals surface area contributed by atoms with Crippen LogP contribution in [0.1, 0.15) is 15.9 Å². The number of hydrogen-bond donors (Lipinski definition) is 1. The minimum Gasteiger partial charge on any atom is -0.352 e. The Morgan fingerprint density at radius 1 is 1.29 bits per heavy atom. The fraction of sp³-hybridized carbons (Fsp3) is 0.154. The second-order valence-corrected chi connectivity index (χ2v) is 5.25. The summed E-state index contributed by atoms with van der Waals surface area (Å²) >= 11 is 5.05. The Labute approximate surface area is 113 Å². The third kappa shape index (κ3) is 3.41. The number of hydrogen-bond acceptors (Lipinski definition) is 2. The van der Waals surface area contributed by atoms with Gasteiger partial charge < -0.3 is 5.32 Å². The average molecular weight is 310 g/mol. The van der Waals surface area contributed by atoms with E-state index < -0.39 is 0 Å². The Bertz CT molecular complexity index is 496. The van der Waals surface area contributed by atoms with Crippen molar-refractivity contribution in [1.29, 1.82) is 0 Å². The van der Waals surface area contributed by atoms with Crippen LogP contribution in [0.15, 0.2) is 45.6 Å². The lowest BCUT2D eigenvalue weighted by molar-refractivity contribution is 0.0953. The number of halogens is 1. The molecule has 1 aromatic heterocycles. The molecule has 1 N–H and O–H groups in total. The lowest BCUT2D eigenvalue weighted by Gasteiger charge is -2.05. The van der Waals surface area contributed by atoms with Gasteiger partial charge in [0.15, 0.2) is 0 Å². The van der Waals surface area contributed by atoms with Crippen molar-refractivity contribution in [1.82, 2.24) is 5.32 Å². The van der Waals surface area contributed by atoms with Crippen LogP contribution in [0.4, 0.5) is 0 Å². The van der Waals surface area contributed by atoms with Gasteiger partial charge in [-0.1, -0.05) is 12.1 Å². The smallest absolute Gasteiger partial charge is 0.252 e. The lowest BCUT2D eigenvalue weighted by Crippen LogP contribution is -2.25. The number of carbonyl (C=O) groups is 1. The molecule has 2 rings (SSSR count). The highest BCUT2D eigenvalue weighted by Crippen LogP contribution is 2.15. The van der Waals surface area contributed by atoms with E-state index in [0.29, 0.717) is 12.1 Å². The summed E-state index contributed by atoms with van der Waals surface area (Å²) in [5.41, 5.74) is 1.94. The van der Waals surface area contributed by atoms with Crippen molar-refractivity contribution in [2.24, 2.45) is 0 Å². The zero-order valence-electron chi connectivity index (χ0n) is 9.15. The topological polar surface area (TPSA) is 29.1 Å². The molecule has 0 aliphatic rings. The van der Waals surface area contributed by atoms with E-state index in [9.17, 15) is 4.79 Å². The molecule has 4 heteroatoms. The molecule has 2 aromatic rings. The molecule has 2 nitrogen and oxygen atoms in total. The molecule has 88 valence electrons. The van der Waals surface area contributed by atoms with Gasteiger partial charge in [0.2, 0.25) is 0 Å². The van der Waals surface area contributed by atoms with Crippen LogP contribution in [0.2, 0.25) is 0 Å². The molecular formula is C13H12BrNOS. The van der Waals surface area contributed by atoms with Crippen LogP contribution >= 0.6 is 27.3 Å². The molecule has 0 unspecified atom stereocenters. The second kappa shape index (κ2) is 5.98. The summed E-state index contributed by atoms with van der Waals surface area (Å²) in [6.45, 7) is 0.664. The van der Waals surface area contributed by atoms with E-state index in [2.05, 4.69) is 32.7 Å². The molecule has 0 saturated carbocycles. The molecule has 0 bridgehead atoms. The highest BCUT2D eigenvalue weighted by Gasteiger charge is 2.07. The normalized spacial score (nSPS) is 10.2. The molecular weight excluding hydrogens is 298 g/mol. The van der Waals surface area contributed by atoms with Crippen LogP contribution < -0.4 is 5.32 Å². The summed E-state index contributed by atoms with van der Waals surface area (Å²) in [6, 6.07) is 9.51. The lowest BCUT2D eigenvalue weighted by atomic mass is 10.2. The first-order valence-electron chi connectivity index (χ1n) is 5.31. The summed E-state index contributed by atoms with van der Waals surface area (Å²) in [4.78, 5) is 11.9. The summed E-state index contributed by atoms with van der Waals surface area (Å²) in [7, 11) is 0. The van der Waals surface area contributed by atoms with Gasteiger partial charge in [-0.05, 0) is 56.9 Å². The Morgan fingerprint density at radius 2 is 2.12 bits per heavy atom. The van der Waals surface area contributed by atoms with Crippen LogP contribution in [0.3, 0.4) is 0 Å². The van der Waals surface area contributed by atoms with Gasteiger partial charge in [0, 0.05) is 11.0 Å². The largest absolute Gasteiger partial charge is 0.352 e. The minimum absolute atomic E-state index is 0.0345. The molecule has 0 aliphatic heterocycles. The number of benzene rings is 1. The van der Waals surface area contributed by atoms with Crippen LogP contribution in [0.5, 0.6) is 0 Å². The zero-order valence-corrected chi connectivity index (χ0v) is 11.6. The first kappa shape index (κ1) is 12.3. The monoisotopic (exact) mass is 309 g/mol. The Hall–Kier alpha value is -1.13. The zero-order chi connectivity index (χ0) is 12.1. The Kier molecular flexibility index (Phi) is 4.34. The minimum atomic E-state index is -0.0345. The van der Waals surface area contributed by atoms with Gasteiger partial charge >= 0.3 is 0 Å². The molecule has 17 heavy (non-hydrogen) atoms. The van der Waals surface area contributed by atoms with E-state index in [1.54, 1.807) is 11.3 Å². The first-order valence-corrected chi connectivity index (χ1v) is 7.05. The average Bonchev–Trinajstić information content (AvgIpc) is 2.82. The van der Waals surface area contributed by atoms with Crippen molar-refractivity contribution in [3.05, 3.63) is 56.7 Å². The third-order valence-electron chi connectivity index (χ3n) is 2.40. The fourth-order valence-electron chi connectivity index (χ4n) is 1.50. The van der Waals surface area contributed by atoms with Crippen molar-refractivity contribution in [3.8, 4) is 0 Å². The van der Waals surface area contributed by atoms with Crippen LogP contribution in [0.25, 0.3) is 0 Å². The summed E-state index contributed by atoms with van der Waals surface area (Å²) in [5.74, 6) is -0.0345. The third-order valence-corrected chi connectivity index (χ3v) is 3.82. The maximum absolute atomic E-state index is 11.9. The molecule has 1 aromatic carbocycles. The van der Waals surface area contributed by atoms with E-state index in [1.807, 2.05) is 29.6 Å². The number of nitrogens with one attached hydrogen (secondary N) is 1. The Morgan fingerprint density at radius 3 is 2.82 bits per heavy atom. The van der Waals surface area contributed by atoms with Gasteiger partial charge in [-0.25, -0.2) is 0 Å². The van der Waals surface area contributed by atoms with Crippen molar-refractivity contribution in [2.45, 2.75) is 6.42 Å². The number of carbonyl (C=O) groups excluding carboxylic acids is 1. The van der Waals surface area contributed by atoms with Crippen molar-refractivity contribution < 1.29 is 4.79 Å². The summed E-state index contributed by atoms with van der Waals surface area (Å²) < 4.78 is 0.827. The van der Waals surface area contributed by atoms with E-state index in [1.165, 1.54) is 5.56 Å². The maximum atomic E-state index is 11.9. The van der Waals surface area contributed by atoms with Gasteiger partial charge in [-0.2, -0.15) is 11.3 Å². The van der Waals surface area contributed by atoms with Gasteiger partial charge in [0.1, 0.15) is 0 Å². The molecule has 0 atom stereocenters. The number of thiophene rings is 1. The molecule has 0 fully saturated rings. The maximum Gasteiger partial charge on any atom is 0.252 e. The fourth-order valence-corrected chi connectivity index (χ4v) is 2.66. The van der Waals surface area contributed by atoms with E-state index in [0.717, 1.165) is 10.9 Å². The van der Waals surface area contributed by atoms with Gasteiger partial charge in [-0.15, -0.1) is 0 Å². The van der Waals surface area contributed by atoms with Crippen molar-refractivity contribution in [2.75, 3.05) is 6.54 Å². The van der Waals surface area contributed by atoms with E-state index in [-0.39, 0.29) is 5.91 Å². The highest BCUT2D eigenvalue weighted by molar-refractivity contribution is 9.10.